The minimum absolute atomic E-state index is 0.00234. The first kappa shape index (κ1) is 17.1. The van der Waals surface area contributed by atoms with Gasteiger partial charge in [0, 0.05) is 12.2 Å². The summed E-state index contributed by atoms with van der Waals surface area (Å²) in [5, 5.41) is 13.0. The van der Waals surface area contributed by atoms with Crippen LogP contribution in [0.1, 0.15) is 45.6 Å². The molecule has 2 rings (SSSR count). The van der Waals surface area contributed by atoms with Crippen LogP contribution >= 0.6 is 0 Å². The van der Waals surface area contributed by atoms with Gasteiger partial charge in [-0.05, 0) is 42.2 Å². The number of hydrogen-bond acceptors (Lipinski definition) is 2. The zero-order valence-corrected chi connectivity index (χ0v) is 13.3. The molecule has 2 nitrogen and oxygen atoms in total. The minimum atomic E-state index is -4.37. The standard InChI is InChI=1S/C17H24F3NO/c1-15(2)8-12(22)9-16(3,10-15)11-21-14-7-5-4-6-13(14)17(18,19)20/h4-7,12,21-22H,8-11H2,1-3H3/t12-,16-/m0/s1. The van der Waals surface area contributed by atoms with E-state index in [1.807, 2.05) is 6.92 Å². The Balaban J connectivity index is 2.13. The summed E-state index contributed by atoms with van der Waals surface area (Å²) in [5.41, 5.74) is -0.763. The summed E-state index contributed by atoms with van der Waals surface area (Å²) in [7, 11) is 0. The minimum Gasteiger partial charge on any atom is -0.393 e. The maximum Gasteiger partial charge on any atom is 0.418 e. The van der Waals surface area contributed by atoms with Crippen LogP contribution in [0.15, 0.2) is 24.3 Å². The van der Waals surface area contributed by atoms with E-state index in [1.165, 1.54) is 12.1 Å². The van der Waals surface area contributed by atoms with Crippen molar-refractivity contribution < 1.29 is 18.3 Å². The van der Waals surface area contributed by atoms with Crippen molar-refractivity contribution in [2.24, 2.45) is 10.8 Å². The number of alkyl halides is 3. The normalized spacial score (nSPS) is 28.4. The van der Waals surface area contributed by atoms with E-state index in [0.717, 1.165) is 18.9 Å². The number of para-hydroxylation sites is 1. The van der Waals surface area contributed by atoms with Crippen LogP contribution in [0, 0.1) is 10.8 Å². The number of aliphatic hydroxyl groups is 1. The van der Waals surface area contributed by atoms with Gasteiger partial charge >= 0.3 is 6.18 Å². The first-order valence-corrected chi connectivity index (χ1v) is 7.59. The number of hydrogen-bond donors (Lipinski definition) is 2. The number of benzene rings is 1. The molecule has 0 amide bonds. The molecule has 0 heterocycles. The second kappa shape index (κ2) is 5.76. The average molecular weight is 315 g/mol. The van der Waals surface area contributed by atoms with E-state index >= 15 is 0 Å². The molecule has 0 saturated heterocycles. The maximum atomic E-state index is 13.0. The Kier molecular flexibility index (Phi) is 4.49. The molecular weight excluding hydrogens is 291 g/mol. The molecule has 2 atom stereocenters. The number of rotatable bonds is 3. The summed E-state index contributed by atoms with van der Waals surface area (Å²) in [6, 6.07) is 5.53. The van der Waals surface area contributed by atoms with Gasteiger partial charge in [0.05, 0.1) is 11.7 Å². The summed E-state index contributed by atoms with van der Waals surface area (Å²) in [4.78, 5) is 0. The largest absolute Gasteiger partial charge is 0.418 e. The van der Waals surface area contributed by atoms with Gasteiger partial charge in [0.25, 0.3) is 0 Å². The Bertz CT molecular complexity index is 527. The SMILES string of the molecule is CC1(C)C[C@H](O)C[C@](C)(CNc2ccccc2C(F)(F)F)C1. The van der Waals surface area contributed by atoms with Crippen LogP contribution in [0.25, 0.3) is 0 Å². The van der Waals surface area contributed by atoms with E-state index in [1.54, 1.807) is 6.07 Å². The molecule has 1 saturated carbocycles. The summed E-state index contributed by atoms with van der Waals surface area (Å²) in [6.07, 6.45) is -2.54. The van der Waals surface area contributed by atoms with E-state index in [4.69, 9.17) is 0 Å². The first-order valence-electron chi connectivity index (χ1n) is 7.59. The Labute approximate surface area is 129 Å². The summed E-state index contributed by atoms with van der Waals surface area (Å²) >= 11 is 0. The number of nitrogens with one attached hydrogen (secondary N) is 1. The van der Waals surface area contributed by atoms with Crippen molar-refractivity contribution >= 4 is 5.69 Å². The van der Waals surface area contributed by atoms with Crippen LogP contribution in [0.2, 0.25) is 0 Å². The highest BCUT2D eigenvalue weighted by molar-refractivity contribution is 5.52. The first-order chi connectivity index (χ1) is 10.0. The number of anilines is 1. The molecule has 0 spiro atoms. The predicted molar refractivity (Wildman–Crippen MR) is 81.7 cm³/mol. The summed E-state index contributed by atoms with van der Waals surface area (Å²) in [5.74, 6) is 0. The highest BCUT2D eigenvalue weighted by Crippen LogP contribution is 2.46. The molecule has 124 valence electrons. The fraction of sp³-hybridized carbons (Fsp3) is 0.647. The lowest BCUT2D eigenvalue weighted by Crippen LogP contribution is -2.42. The van der Waals surface area contributed by atoms with Crippen molar-refractivity contribution in [2.75, 3.05) is 11.9 Å². The third-order valence-corrected chi connectivity index (χ3v) is 4.36. The van der Waals surface area contributed by atoms with Gasteiger partial charge in [0.2, 0.25) is 0 Å². The van der Waals surface area contributed by atoms with Crippen LogP contribution in [0.3, 0.4) is 0 Å². The van der Waals surface area contributed by atoms with Crippen LogP contribution in [-0.2, 0) is 6.18 Å². The molecule has 1 aliphatic rings. The highest BCUT2D eigenvalue weighted by atomic mass is 19.4. The van der Waals surface area contributed by atoms with Crippen molar-refractivity contribution in [3.63, 3.8) is 0 Å². The molecule has 0 unspecified atom stereocenters. The molecule has 0 bridgehead atoms. The molecular formula is C17H24F3NO. The van der Waals surface area contributed by atoms with E-state index in [-0.39, 0.29) is 16.5 Å². The van der Waals surface area contributed by atoms with Crippen molar-refractivity contribution in [2.45, 2.75) is 52.3 Å². The Morgan fingerprint density at radius 1 is 1.18 bits per heavy atom. The van der Waals surface area contributed by atoms with Gasteiger partial charge in [-0.25, -0.2) is 0 Å². The van der Waals surface area contributed by atoms with Crippen LogP contribution < -0.4 is 5.32 Å². The van der Waals surface area contributed by atoms with Gasteiger partial charge in [0.15, 0.2) is 0 Å². The van der Waals surface area contributed by atoms with Crippen LogP contribution in [0.5, 0.6) is 0 Å². The molecule has 1 fully saturated rings. The van der Waals surface area contributed by atoms with E-state index in [0.29, 0.717) is 13.0 Å². The smallest absolute Gasteiger partial charge is 0.393 e. The number of aliphatic hydroxyl groups excluding tert-OH is 1. The lowest BCUT2D eigenvalue weighted by Gasteiger charge is -2.45. The average Bonchev–Trinajstić information content (AvgIpc) is 2.32. The molecule has 1 aromatic rings. The van der Waals surface area contributed by atoms with Gasteiger partial charge in [0.1, 0.15) is 0 Å². The molecule has 0 aliphatic heterocycles. The summed E-state index contributed by atoms with van der Waals surface area (Å²) in [6.45, 7) is 6.63. The van der Waals surface area contributed by atoms with Crippen molar-refractivity contribution in [3.8, 4) is 0 Å². The third kappa shape index (κ3) is 4.15. The van der Waals surface area contributed by atoms with Gasteiger partial charge in [-0.15, -0.1) is 0 Å². The molecule has 0 aromatic heterocycles. The van der Waals surface area contributed by atoms with Crippen LogP contribution in [-0.4, -0.2) is 17.8 Å². The van der Waals surface area contributed by atoms with E-state index in [9.17, 15) is 18.3 Å². The fourth-order valence-electron chi connectivity index (χ4n) is 3.91. The maximum absolute atomic E-state index is 13.0. The van der Waals surface area contributed by atoms with E-state index in [2.05, 4.69) is 19.2 Å². The quantitative estimate of drug-likeness (QED) is 0.848. The Morgan fingerprint density at radius 3 is 2.41 bits per heavy atom. The van der Waals surface area contributed by atoms with Crippen molar-refractivity contribution in [1.82, 2.24) is 0 Å². The zero-order valence-electron chi connectivity index (χ0n) is 13.3. The lowest BCUT2D eigenvalue weighted by atomic mass is 9.63. The summed E-state index contributed by atoms with van der Waals surface area (Å²) < 4.78 is 39.0. The van der Waals surface area contributed by atoms with E-state index < -0.39 is 17.8 Å². The molecule has 0 radical (unpaired) electrons. The topological polar surface area (TPSA) is 32.3 Å². The Hall–Kier alpha value is -1.23. The molecule has 1 aromatic carbocycles. The number of halogens is 3. The zero-order chi connectivity index (χ0) is 16.6. The van der Waals surface area contributed by atoms with Crippen LogP contribution in [0.4, 0.5) is 18.9 Å². The highest BCUT2D eigenvalue weighted by Gasteiger charge is 2.41. The molecule has 2 N–H and O–H groups in total. The second-order valence-electron chi connectivity index (χ2n) is 7.61. The Morgan fingerprint density at radius 2 is 1.82 bits per heavy atom. The van der Waals surface area contributed by atoms with Crippen molar-refractivity contribution in [1.29, 1.82) is 0 Å². The van der Waals surface area contributed by atoms with Gasteiger partial charge in [-0.1, -0.05) is 32.9 Å². The van der Waals surface area contributed by atoms with Gasteiger partial charge in [-0.2, -0.15) is 13.2 Å². The molecule has 5 heteroatoms. The lowest BCUT2D eigenvalue weighted by molar-refractivity contribution is -0.137. The fourth-order valence-corrected chi connectivity index (χ4v) is 3.91. The second-order valence-corrected chi connectivity index (χ2v) is 7.61. The molecule has 1 aliphatic carbocycles. The van der Waals surface area contributed by atoms with Gasteiger partial charge in [-0.3, -0.25) is 0 Å². The van der Waals surface area contributed by atoms with Gasteiger partial charge < -0.3 is 10.4 Å². The molecule has 22 heavy (non-hydrogen) atoms. The predicted octanol–water partition coefficient (Wildman–Crippen LogP) is 4.69. The van der Waals surface area contributed by atoms with Crippen molar-refractivity contribution in [3.05, 3.63) is 29.8 Å². The monoisotopic (exact) mass is 315 g/mol. The third-order valence-electron chi connectivity index (χ3n) is 4.36.